The molecule has 0 heterocycles. The Morgan fingerprint density at radius 2 is 1.78 bits per heavy atom. The van der Waals surface area contributed by atoms with E-state index >= 15 is 0 Å². The maximum absolute atomic E-state index is 12.7. The molecule has 0 unspecified atom stereocenters. The van der Waals surface area contributed by atoms with Crippen molar-refractivity contribution in [2.75, 3.05) is 0 Å². The van der Waals surface area contributed by atoms with Crippen molar-refractivity contribution in [3.63, 3.8) is 0 Å². The summed E-state index contributed by atoms with van der Waals surface area (Å²) in [6.07, 6.45) is 13.2. The fraction of sp³-hybridized carbons (Fsp3) is 0.609. The molecular formula is C23H28O4. The Hall–Kier alpha value is -1.97. The summed E-state index contributed by atoms with van der Waals surface area (Å²) < 4.78 is 5.78. The van der Waals surface area contributed by atoms with Gasteiger partial charge in [0.1, 0.15) is 0 Å². The van der Waals surface area contributed by atoms with Gasteiger partial charge in [-0.3, -0.25) is 14.4 Å². The lowest BCUT2D eigenvalue weighted by atomic mass is 9.49. The minimum Gasteiger partial charge on any atom is -0.451 e. The van der Waals surface area contributed by atoms with Gasteiger partial charge in [0, 0.05) is 17.8 Å². The molecule has 0 aliphatic heterocycles. The number of hydrogen-bond donors (Lipinski definition) is 0. The van der Waals surface area contributed by atoms with Gasteiger partial charge in [-0.25, -0.2) is 0 Å². The van der Waals surface area contributed by atoms with E-state index in [1.54, 1.807) is 19.1 Å². The van der Waals surface area contributed by atoms with Crippen molar-refractivity contribution in [1.29, 1.82) is 0 Å². The first-order chi connectivity index (χ1) is 12.6. The number of allylic oxidation sites excluding steroid dienone is 6. The van der Waals surface area contributed by atoms with Crippen LogP contribution in [0.25, 0.3) is 0 Å². The third-order valence-electron chi connectivity index (χ3n) is 8.12. The molecule has 0 saturated heterocycles. The van der Waals surface area contributed by atoms with Crippen molar-refractivity contribution in [2.45, 2.75) is 59.0 Å². The van der Waals surface area contributed by atoms with E-state index in [0.29, 0.717) is 24.2 Å². The summed E-state index contributed by atoms with van der Waals surface area (Å²) in [4.78, 5) is 36.4. The Labute approximate surface area is 160 Å². The molecule has 27 heavy (non-hydrogen) atoms. The average Bonchev–Trinajstić information content (AvgIpc) is 2.89. The van der Waals surface area contributed by atoms with E-state index in [2.05, 4.69) is 32.1 Å². The molecule has 0 N–H and O–H groups in total. The molecule has 4 heteroatoms. The van der Waals surface area contributed by atoms with Crippen LogP contribution in [0.15, 0.2) is 36.0 Å². The van der Waals surface area contributed by atoms with Crippen molar-refractivity contribution >= 4 is 17.5 Å². The van der Waals surface area contributed by atoms with Gasteiger partial charge in [-0.05, 0) is 68.1 Å². The number of esters is 1. The monoisotopic (exact) mass is 368 g/mol. The lowest BCUT2D eigenvalue weighted by Gasteiger charge is -2.56. The molecule has 0 aromatic heterocycles. The highest BCUT2D eigenvalue weighted by molar-refractivity contribution is 6.01. The van der Waals surface area contributed by atoms with Crippen LogP contribution in [0.2, 0.25) is 0 Å². The molecule has 4 aliphatic carbocycles. The molecule has 0 aromatic rings. The SMILES string of the molecule is CC(=O)O[C@]1(C(C)=O)CC[C@@H]2[C@H]3C=CC4=CC(=O)C=C[C@@]4(C)[C@@H]3CC[C@@]21C. The van der Waals surface area contributed by atoms with Gasteiger partial charge in [0.05, 0.1) is 0 Å². The predicted molar refractivity (Wildman–Crippen MR) is 102 cm³/mol. The Bertz CT molecular complexity index is 818. The summed E-state index contributed by atoms with van der Waals surface area (Å²) in [5.74, 6) is 0.657. The zero-order chi connectivity index (χ0) is 19.6. The first kappa shape index (κ1) is 18.4. The van der Waals surface area contributed by atoms with E-state index in [1.807, 2.05) is 0 Å². The highest BCUT2D eigenvalue weighted by Crippen LogP contribution is 2.66. The maximum atomic E-state index is 12.7. The van der Waals surface area contributed by atoms with Crippen molar-refractivity contribution in [1.82, 2.24) is 0 Å². The van der Waals surface area contributed by atoms with Crippen LogP contribution < -0.4 is 0 Å². The van der Waals surface area contributed by atoms with E-state index in [9.17, 15) is 14.4 Å². The highest BCUT2D eigenvalue weighted by atomic mass is 16.6. The Balaban J connectivity index is 1.76. The number of carbonyl (C=O) groups excluding carboxylic acids is 3. The molecule has 4 rings (SSSR count). The van der Waals surface area contributed by atoms with Crippen LogP contribution in [0, 0.1) is 28.6 Å². The Morgan fingerprint density at radius 3 is 2.44 bits per heavy atom. The average molecular weight is 368 g/mol. The second-order valence-corrected chi connectivity index (χ2v) is 9.24. The third-order valence-corrected chi connectivity index (χ3v) is 8.12. The fourth-order valence-electron chi connectivity index (χ4n) is 6.71. The number of carbonyl (C=O) groups is 3. The van der Waals surface area contributed by atoms with Gasteiger partial charge in [-0.1, -0.05) is 32.1 Å². The molecule has 6 atom stereocenters. The van der Waals surface area contributed by atoms with E-state index in [1.165, 1.54) is 6.92 Å². The van der Waals surface area contributed by atoms with Gasteiger partial charge < -0.3 is 4.74 Å². The van der Waals surface area contributed by atoms with Gasteiger partial charge in [0.2, 0.25) is 0 Å². The number of hydrogen-bond acceptors (Lipinski definition) is 4. The van der Waals surface area contributed by atoms with E-state index < -0.39 is 5.60 Å². The largest absolute Gasteiger partial charge is 0.451 e. The van der Waals surface area contributed by atoms with Gasteiger partial charge in [-0.15, -0.1) is 0 Å². The molecule has 0 aromatic carbocycles. The molecule has 0 radical (unpaired) electrons. The Morgan fingerprint density at radius 1 is 1.07 bits per heavy atom. The first-order valence-electron chi connectivity index (χ1n) is 9.98. The molecule has 0 amide bonds. The van der Waals surface area contributed by atoms with Crippen molar-refractivity contribution < 1.29 is 19.1 Å². The van der Waals surface area contributed by atoms with Crippen LogP contribution >= 0.6 is 0 Å². The standard InChI is InChI=1S/C23H28O4/c1-14(24)23(27-15(2)25)12-9-20-18-6-5-16-13-17(26)7-10-21(16,3)19(18)8-11-22(20,23)4/h5-7,10,13,18-20H,8-9,11-12H2,1-4H3/t18-,19+,20+,21+,22-,23-/m0/s1. The van der Waals surface area contributed by atoms with Crippen molar-refractivity contribution in [3.8, 4) is 0 Å². The van der Waals surface area contributed by atoms with Gasteiger partial charge >= 0.3 is 5.97 Å². The molecule has 4 nitrogen and oxygen atoms in total. The summed E-state index contributed by atoms with van der Waals surface area (Å²) in [5, 5.41) is 0. The quantitative estimate of drug-likeness (QED) is 0.692. The van der Waals surface area contributed by atoms with Crippen molar-refractivity contribution in [2.24, 2.45) is 28.6 Å². The fourth-order valence-corrected chi connectivity index (χ4v) is 6.71. The first-order valence-corrected chi connectivity index (χ1v) is 9.98. The summed E-state index contributed by atoms with van der Waals surface area (Å²) in [6, 6.07) is 0. The molecule has 144 valence electrons. The topological polar surface area (TPSA) is 60.4 Å². The lowest BCUT2D eigenvalue weighted by Crippen LogP contribution is -2.57. The molecular weight excluding hydrogens is 340 g/mol. The predicted octanol–water partition coefficient (Wildman–Crippen LogP) is 3.96. The highest BCUT2D eigenvalue weighted by Gasteiger charge is 2.67. The third kappa shape index (κ3) is 2.31. The summed E-state index contributed by atoms with van der Waals surface area (Å²) in [5.41, 5.74) is -0.396. The second-order valence-electron chi connectivity index (χ2n) is 9.24. The van der Waals surface area contributed by atoms with Crippen LogP contribution in [-0.2, 0) is 19.1 Å². The molecule has 2 fully saturated rings. The normalized spacial score (nSPS) is 44.8. The minimum atomic E-state index is -1.00. The lowest BCUT2D eigenvalue weighted by molar-refractivity contribution is -0.184. The van der Waals surface area contributed by atoms with Crippen molar-refractivity contribution in [3.05, 3.63) is 36.0 Å². The van der Waals surface area contributed by atoms with E-state index in [0.717, 1.165) is 24.8 Å². The van der Waals surface area contributed by atoms with Crippen LogP contribution in [0.5, 0.6) is 0 Å². The van der Waals surface area contributed by atoms with E-state index in [-0.39, 0.29) is 28.4 Å². The zero-order valence-corrected chi connectivity index (χ0v) is 16.6. The molecule has 2 saturated carbocycles. The minimum absolute atomic E-state index is 0.0316. The maximum Gasteiger partial charge on any atom is 0.303 e. The van der Waals surface area contributed by atoms with Crippen LogP contribution in [0.3, 0.4) is 0 Å². The van der Waals surface area contributed by atoms with Crippen LogP contribution in [0.1, 0.15) is 53.4 Å². The molecule has 4 aliphatic rings. The molecule has 0 bridgehead atoms. The number of rotatable bonds is 2. The van der Waals surface area contributed by atoms with Crippen LogP contribution in [-0.4, -0.2) is 23.1 Å². The number of Topliss-reactive ketones (excluding diaryl/α,β-unsaturated/α-hetero) is 1. The number of fused-ring (bicyclic) bond motifs is 5. The molecule has 0 spiro atoms. The summed E-state index contributed by atoms with van der Waals surface area (Å²) in [6.45, 7) is 7.34. The van der Waals surface area contributed by atoms with Gasteiger partial charge in [0.25, 0.3) is 0 Å². The van der Waals surface area contributed by atoms with Gasteiger partial charge in [0.15, 0.2) is 17.2 Å². The van der Waals surface area contributed by atoms with E-state index in [4.69, 9.17) is 4.74 Å². The second kappa shape index (κ2) is 5.76. The number of ketones is 2. The smallest absolute Gasteiger partial charge is 0.303 e. The zero-order valence-electron chi connectivity index (χ0n) is 16.6. The van der Waals surface area contributed by atoms with Crippen LogP contribution in [0.4, 0.5) is 0 Å². The number of ether oxygens (including phenoxy) is 1. The summed E-state index contributed by atoms with van der Waals surface area (Å²) in [7, 11) is 0. The summed E-state index contributed by atoms with van der Waals surface area (Å²) >= 11 is 0. The van der Waals surface area contributed by atoms with Gasteiger partial charge in [-0.2, -0.15) is 0 Å². The Kier molecular flexibility index (Phi) is 3.93.